The Kier molecular flexibility index (Phi) is 5.22. The van der Waals surface area contributed by atoms with Crippen LogP contribution in [0.4, 0.5) is 8.78 Å². The van der Waals surface area contributed by atoms with Gasteiger partial charge in [0.25, 0.3) is 0 Å². The number of hydrogen-bond acceptors (Lipinski definition) is 4. The van der Waals surface area contributed by atoms with Crippen molar-refractivity contribution < 1.29 is 18.3 Å². The van der Waals surface area contributed by atoms with Gasteiger partial charge in [0.2, 0.25) is 0 Å². The van der Waals surface area contributed by atoms with Gasteiger partial charge in [0.1, 0.15) is 17.2 Å². The van der Waals surface area contributed by atoms with E-state index < -0.39 is 17.2 Å². The van der Waals surface area contributed by atoms with Gasteiger partial charge in [-0.1, -0.05) is 0 Å². The van der Waals surface area contributed by atoms with Gasteiger partial charge in [-0.05, 0) is 50.9 Å². The molecule has 1 aromatic rings. The highest BCUT2D eigenvalue weighted by atomic mass is 32.2. The molecular formula is C15H19F2NO2S. The average molecular weight is 315 g/mol. The van der Waals surface area contributed by atoms with Gasteiger partial charge >= 0.3 is 5.97 Å². The Hall–Kier alpha value is -1.14. The Balaban J connectivity index is 2.15. The summed E-state index contributed by atoms with van der Waals surface area (Å²) in [4.78, 5) is 12.5. The average Bonchev–Trinajstić information content (AvgIpc) is 3.29. The van der Waals surface area contributed by atoms with Crippen LogP contribution in [0.1, 0.15) is 19.8 Å². The SMILES string of the molecule is CCOC(=O)C(CSc1cc(F)ccc1F)(NC)C1CC1. The smallest absolute Gasteiger partial charge is 0.327 e. The molecule has 1 N–H and O–H groups in total. The second-order valence-electron chi connectivity index (χ2n) is 5.08. The molecule has 0 spiro atoms. The molecule has 21 heavy (non-hydrogen) atoms. The van der Waals surface area contributed by atoms with E-state index in [-0.39, 0.29) is 16.8 Å². The van der Waals surface area contributed by atoms with Crippen LogP contribution in [0, 0.1) is 17.6 Å². The standard InChI is InChI=1S/C15H19F2NO2S/c1-3-20-14(19)15(18-2,10-4-5-10)9-21-13-8-11(16)6-7-12(13)17/h6-8,10,18H,3-5,9H2,1-2H3. The van der Waals surface area contributed by atoms with E-state index in [4.69, 9.17) is 4.74 Å². The van der Waals surface area contributed by atoms with E-state index in [2.05, 4.69) is 5.32 Å². The lowest BCUT2D eigenvalue weighted by molar-refractivity contribution is -0.150. The maximum Gasteiger partial charge on any atom is 0.327 e. The van der Waals surface area contributed by atoms with Crippen LogP contribution in [-0.4, -0.2) is 30.9 Å². The Morgan fingerprint density at radius 3 is 2.76 bits per heavy atom. The van der Waals surface area contributed by atoms with Gasteiger partial charge < -0.3 is 10.1 Å². The van der Waals surface area contributed by atoms with Crippen molar-refractivity contribution in [2.24, 2.45) is 5.92 Å². The lowest BCUT2D eigenvalue weighted by atomic mass is 9.96. The number of benzene rings is 1. The predicted octanol–water partition coefficient (Wildman–Crippen LogP) is 2.99. The number of nitrogens with one attached hydrogen (secondary N) is 1. The van der Waals surface area contributed by atoms with Gasteiger partial charge in [0.15, 0.2) is 0 Å². The summed E-state index contributed by atoms with van der Waals surface area (Å²) in [5, 5.41) is 3.05. The Morgan fingerprint density at radius 2 is 2.19 bits per heavy atom. The van der Waals surface area contributed by atoms with E-state index in [1.54, 1.807) is 14.0 Å². The number of esters is 1. The number of thioether (sulfide) groups is 1. The van der Waals surface area contributed by atoms with E-state index in [1.165, 1.54) is 0 Å². The highest BCUT2D eigenvalue weighted by Gasteiger charge is 2.51. The van der Waals surface area contributed by atoms with Crippen molar-refractivity contribution in [2.75, 3.05) is 19.4 Å². The summed E-state index contributed by atoms with van der Waals surface area (Å²) in [5.41, 5.74) is -0.834. The molecule has 0 radical (unpaired) electrons. The van der Waals surface area contributed by atoms with Crippen molar-refractivity contribution >= 4 is 17.7 Å². The Morgan fingerprint density at radius 1 is 1.48 bits per heavy atom. The minimum absolute atomic E-state index is 0.186. The molecule has 116 valence electrons. The van der Waals surface area contributed by atoms with Crippen LogP contribution in [0.5, 0.6) is 0 Å². The van der Waals surface area contributed by atoms with Gasteiger partial charge in [-0.2, -0.15) is 0 Å². The fourth-order valence-corrected chi connectivity index (χ4v) is 3.62. The van der Waals surface area contributed by atoms with E-state index in [0.717, 1.165) is 42.8 Å². The van der Waals surface area contributed by atoms with Crippen molar-refractivity contribution in [3.05, 3.63) is 29.8 Å². The zero-order valence-corrected chi connectivity index (χ0v) is 12.9. The normalized spacial score (nSPS) is 17.3. The minimum Gasteiger partial charge on any atom is -0.465 e. The number of carbonyl (C=O) groups excluding carboxylic acids is 1. The summed E-state index contributed by atoms with van der Waals surface area (Å²) in [6.07, 6.45) is 1.87. The van der Waals surface area contributed by atoms with Crippen molar-refractivity contribution in [3.8, 4) is 0 Å². The molecule has 0 bridgehead atoms. The fourth-order valence-electron chi connectivity index (χ4n) is 2.34. The maximum atomic E-state index is 13.7. The third-order valence-electron chi connectivity index (χ3n) is 3.71. The topological polar surface area (TPSA) is 38.3 Å². The number of likely N-dealkylation sites (N-methyl/N-ethyl adjacent to an activating group) is 1. The molecule has 1 saturated carbocycles. The summed E-state index contributed by atoms with van der Waals surface area (Å²) in [6.45, 7) is 2.05. The van der Waals surface area contributed by atoms with E-state index in [1.807, 2.05) is 0 Å². The first-order valence-corrected chi connectivity index (χ1v) is 7.96. The zero-order valence-electron chi connectivity index (χ0n) is 12.1. The number of carbonyl (C=O) groups is 1. The van der Waals surface area contributed by atoms with Gasteiger partial charge in [0.05, 0.1) is 6.61 Å². The first-order chi connectivity index (χ1) is 10.0. The molecule has 2 rings (SSSR count). The largest absolute Gasteiger partial charge is 0.465 e. The summed E-state index contributed by atoms with van der Waals surface area (Å²) in [5.74, 6) is -0.791. The van der Waals surface area contributed by atoms with Crippen molar-refractivity contribution in [2.45, 2.75) is 30.2 Å². The van der Waals surface area contributed by atoms with Crippen LogP contribution in [0.3, 0.4) is 0 Å². The number of rotatable bonds is 7. The monoisotopic (exact) mass is 315 g/mol. The minimum atomic E-state index is -0.834. The van der Waals surface area contributed by atoms with Gasteiger partial charge in [-0.25, -0.2) is 8.78 Å². The Bertz CT molecular complexity index is 522. The third-order valence-corrected chi connectivity index (χ3v) is 4.93. The van der Waals surface area contributed by atoms with Crippen molar-refractivity contribution in [3.63, 3.8) is 0 Å². The van der Waals surface area contributed by atoms with Crippen LogP contribution < -0.4 is 5.32 Å². The van der Waals surface area contributed by atoms with Crippen molar-refractivity contribution in [1.29, 1.82) is 0 Å². The molecule has 1 aliphatic carbocycles. The second kappa shape index (κ2) is 6.75. The molecule has 1 unspecified atom stereocenters. The zero-order chi connectivity index (χ0) is 15.5. The maximum absolute atomic E-state index is 13.7. The van der Waals surface area contributed by atoms with E-state index in [9.17, 15) is 13.6 Å². The molecule has 0 saturated heterocycles. The highest BCUT2D eigenvalue weighted by molar-refractivity contribution is 7.99. The van der Waals surface area contributed by atoms with Crippen LogP contribution in [0.15, 0.2) is 23.1 Å². The van der Waals surface area contributed by atoms with E-state index >= 15 is 0 Å². The Labute approximate surface area is 127 Å². The third kappa shape index (κ3) is 3.55. The fraction of sp³-hybridized carbons (Fsp3) is 0.533. The molecule has 6 heteroatoms. The molecule has 0 heterocycles. The van der Waals surface area contributed by atoms with Gasteiger partial charge in [-0.15, -0.1) is 11.8 Å². The lowest BCUT2D eigenvalue weighted by Crippen LogP contribution is -2.55. The van der Waals surface area contributed by atoms with Crippen LogP contribution in [0.25, 0.3) is 0 Å². The van der Waals surface area contributed by atoms with Crippen LogP contribution in [0.2, 0.25) is 0 Å². The van der Waals surface area contributed by atoms with Crippen LogP contribution in [-0.2, 0) is 9.53 Å². The highest BCUT2D eigenvalue weighted by Crippen LogP contribution is 2.43. The lowest BCUT2D eigenvalue weighted by Gasteiger charge is -2.31. The second-order valence-corrected chi connectivity index (χ2v) is 6.10. The van der Waals surface area contributed by atoms with Gasteiger partial charge in [-0.3, -0.25) is 4.79 Å². The summed E-state index contributed by atoms with van der Waals surface area (Å²) in [7, 11) is 1.71. The van der Waals surface area contributed by atoms with Crippen molar-refractivity contribution in [1.82, 2.24) is 5.32 Å². The molecule has 1 fully saturated rings. The molecule has 0 aromatic heterocycles. The molecule has 1 atom stereocenters. The molecular weight excluding hydrogens is 296 g/mol. The molecule has 3 nitrogen and oxygen atoms in total. The summed E-state index contributed by atoms with van der Waals surface area (Å²) < 4.78 is 32.1. The van der Waals surface area contributed by atoms with Gasteiger partial charge in [0, 0.05) is 10.6 Å². The van der Waals surface area contributed by atoms with E-state index in [0.29, 0.717) is 12.4 Å². The molecule has 0 amide bonds. The summed E-state index contributed by atoms with van der Waals surface area (Å²) in [6, 6.07) is 3.33. The predicted molar refractivity (Wildman–Crippen MR) is 78.2 cm³/mol. The summed E-state index contributed by atoms with van der Waals surface area (Å²) >= 11 is 1.14. The molecule has 1 aliphatic rings. The number of hydrogen-bond donors (Lipinski definition) is 1. The first-order valence-electron chi connectivity index (χ1n) is 6.97. The van der Waals surface area contributed by atoms with Crippen LogP contribution >= 0.6 is 11.8 Å². The molecule has 1 aromatic carbocycles. The molecule has 0 aliphatic heterocycles. The number of ether oxygens (including phenoxy) is 1. The quantitative estimate of drug-likeness (QED) is 0.620. The number of halogens is 2. The first kappa shape index (κ1) is 16.2.